The van der Waals surface area contributed by atoms with E-state index in [0.717, 1.165) is 67.5 Å². The average molecular weight is 1040 g/mol. The molecule has 0 atom stereocenters. The number of nitrogens with zero attached hydrogens (tertiary/aromatic N) is 2. The summed E-state index contributed by atoms with van der Waals surface area (Å²) >= 11 is 0. The highest BCUT2D eigenvalue weighted by molar-refractivity contribution is 7.92. The number of anilines is 1. The fourth-order valence-electron chi connectivity index (χ4n) is 7.53. The zero-order valence-corrected chi connectivity index (χ0v) is 39.9. The number of hydrogen-bond acceptors (Lipinski definition) is 7. The molecule has 4 N–H and O–H groups in total. The lowest BCUT2D eigenvalue weighted by atomic mass is 9.89. The molecular weight excluding hydrogens is 997 g/mol. The maximum atomic E-state index is 13.0. The molecule has 0 aliphatic heterocycles. The second-order valence-electron chi connectivity index (χ2n) is 17.6. The number of halogens is 10. The quantitative estimate of drug-likeness (QED) is 0.0665. The Morgan fingerprint density at radius 2 is 0.959 bits per heavy atom. The smallest absolute Gasteiger partial charge is 0.456 e. The van der Waals surface area contributed by atoms with E-state index in [9.17, 15) is 57.4 Å². The van der Waals surface area contributed by atoms with Crippen LogP contribution in [-0.2, 0) is 41.3 Å². The van der Waals surface area contributed by atoms with E-state index >= 15 is 0 Å². The topological polar surface area (TPSA) is 142 Å². The molecule has 2 aromatic heterocycles. The highest BCUT2D eigenvalue weighted by atomic mass is 32.2. The SMILES string of the molecule is CC(C)(O)c1ccccc1-c1ccc2nc(CCc3ccc(OCC(F)(F)C(F)(F)F)cc3)[nH]c2c1.CS(=O)(=O)Nc1ccccc1-c1ccc2nc(CCc3ccc(OCC(F)(F)C(F)(F)F)cc3)[nH]c2c1. The van der Waals surface area contributed by atoms with Gasteiger partial charge in [0.05, 0.1) is 39.6 Å². The first-order valence-corrected chi connectivity index (χ1v) is 24.2. The number of rotatable bonds is 17. The molecular formula is C52H47F10N5O5S. The maximum Gasteiger partial charge on any atom is 0.456 e. The Balaban J connectivity index is 0.000000214. The van der Waals surface area contributed by atoms with Crippen molar-refractivity contribution < 1.29 is 66.9 Å². The van der Waals surface area contributed by atoms with E-state index in [1.807, 2.05) is 72.8 Å². The number of fused-ring (bicyclic) bond motifs is 2. The Bertz CT molecular complexity index is 3280. The lowest BCUT2D eigenvalue weighted by Crippen LogP contribution is -2.41. The van der Waals surface area contributed by atoms with Crippen molar-refractivity contribution in [3.8, 4) is 33.8 Å². The second kappa shape index (κ2) is 21.1. The first-order chi connectivity index (χ1) is 34.1. The second-order valence-corrected chi connectivity index (χ2v) is 19.4. The average Bonchev–Trinajstić information content (AvgIpc) is 3.94. The van der Waals surface area contributed by atoms with E-state index in [1.54, 1.807) is 50.2 Å². The molecule has 21 heteroatoms. The molecule has 0 radical (unpaired) electrons. The van der Waals surface area contributed by atoms with Crippen LogP contribution in [-0.4, -0.2) is 77.1 Å². The van der Waals surface area contributed by atoms with Crippen molar-refractivity contribution in [2.75, 3.05) is 24.2 Å². The van der Waals surface area contributed by atoms with Gasteiger partial charge in [-0.1, -0.05) is 78.9 Å². The van der Waals surface area contributed by atoms with Gasteiger partial charge >= 0.3 is 24.2 Å². The summed E-state index contributed by atoms with van der Waals surface area (Å²) in [7, 11) is -3.45. The van der Waals surface area contributed by atoms with E-state index in [1.165, 1.54) is 24.3 Å². The fraction of sp³-hybridized carbons (Fsp3) is 0.269. The van der Waals surface area contributed by atoms with Crippen molar-refractivity contribution in [3.05, 3.63) is 162 Å². The van der Waals surface area contributed by atoms with Crippen LogP contribution in [0.15, 0.2) is 133 Å². The molecule has 0 saturated carbocycles. The van der Waals surface area contributed by atoms with Gasteiger partial charge in [-0.3, -0.25) is 4.72 Å². The van der Waals surface area contributed by atoms with Gasteiger partial charge < -0.3 is 24.5 Å². The molecule has 0 saturated heterocycles. The van der Waals surface area contributed by atoms with Crippen LogP contribution in [0.3, 0.4) is 0 Å². The Morgan fingerprint density at radius 1 is 0.548 bits per heavy atom. The zero-order valence-electron chi connectivity index (χ0n) is 39.1. The first-order valence-electron chi connectivity index (χ1n) is 22.3. The van der Waals surface area contributed by atoms with Crippen molar-refractivity contribution in [2.45, 2.75) is 69.3 Å². The van der Waals surface area contributed by atoms with E-state index < -0.39 is 53.0 Å². The van der Waals surface area contributed by atoms with Gasteiger partial charge in [0.25, 0.3) is 0 Å². The molecule has 73 heavy (non-hydrogen) atoms. The summed E-state index contributed by atoms with van der Waals surface area (Å²) in [6, 6.07) is 37.9. The van der Waals surface area contributed by atoms with Gasteiger partial charge in [-0.25, -0.2) is 18.4 Å². The number of sulfonamides is 1. The van der Waals surface area contributed by atoms with Crippen LogP contribution in [0.2, 0.25) is 0 Å². The first kappa shape index (κ1) is 53.7. The molecule has 0 bridgehead atoms. The zero-order chi connectivity index (χ0) is 53.0. The molecule has 0 aliphatic carbocycles. The molecule has 0 unspecified atom stereocenters. The summed E-state index contributed by atoms with van der Waals surface area (Å²) in [6.45, 7) is -0.0625. The third-order valence-electron chi connectivity index (χ3n) is 11.3. The fourth-order valence-corrected chi connectivity index (χ4v) is 8.11. The molecule has 0 spiro atoms. The highest BCUT2D eigenvalue weighted by Crippen LogP contribution is 2.38. The Kier molecular flexibility index (Phi) is 15.5. The van der Waals surface area contributed by atoms with Gasteiger partial charge in [0.1, 0.15) is 23.1 Å². The summed E-state index contributed by atoms with van der Waals surface area (Å²) in [5.74, 6) is -8.55. The van der Waals surface area contributed by atoms with Crippen molar-refractivity contribution in [3.63, 3.8) is 0 Å². The van der Waals surface area contributed by atoms with Crippen LogP contribution in [0.5, 0.6) is 11.5 Å². The van der Waals surface area contributed by atoms with Crippen LogP contribution in [0.4, 0.5) is 49.6 Å². The lowest BCUT2D eigenvalue weighted by Gasteiger charge is -2.21. The highest BCUT2D eigenvalue weighted by Gasteiger charge is 2.59. The van der Waals surface area contributed by atoms with Crippen molar-refractivity contribution in [2.24, 2.45) is 0 Å². The van der Waals surface area contributed by atoms with E-state index in [0.29, 0.717) is 42.8 Å². The molecule has 0 aliphatic rings. The number of para-hydroxylation sites is 1. The van der Waals surface area contributed by atoms with Crippen LogP contribution in [0.1, 0.15) is 42.2 Å². The Hall–Kier alpha value is -7.13. The molecule has 8 rings (SSSR count). The van der Waals surface area contributed by atoms with Gasteiger partial charge in [0.15, 0.2) is 13.2 Å². The maximum absolute atomic E-state index is 13.0. The lowest BCUT2D eigenvalue weighted by molar-refractivity contribution is -0.290. The van der Waals surface area contributed by atoms with Crippen LogP contribution in [0, 0.1) is 0 Å². The number of aliphatic hydroxyl groups is 1. The number of nitrogens with one attached hydrogen (secondary N) is 3. The predicted octanol–water partition coefficient (Wildman–Crippen LogP) is 12.8. The van der Waals surface area contributed by atoms with Crippen molar-refractivity contribution in [1.29, 1.82) is 0 Å². The molecule has 6 aromatic carbocycles. The predicted molar refractivity (Wildman–Crippen MR) is 257 cm³/mol. The Labute approximate surface area is 412 Å². The van der Waals surface area contributed by atoms with Crippen LogP contribution < -0.4 is 14.2 Å². The number of aryl methyl sites for hydroxylation is 4. The number of imidazole rings is 2. The van der Waals surface area contributed by atoms with Crippen molar-refractivity contribution >= 4 is 37.8 Å². The molecule has 2 heterocycles. The normalized spacial score (nSPS) is 12.7. The third kappa shape index (κ3) is 13.9. The number of H-pyrrole nitrogens is 2. The third-order valence-corrected chi connectivity index (χ3v) is 11.9. The largest absolute Gasteiger partial charge is 0.487 e. The molecule has 10 nitrogen and oxygen atoms in total. The number of ether oxygens (including phenoxy) is 2. The van der Waals surface area contributed by atoms with Gasteiger partial charge in [-0.2, -0.15) is 43.9 Å². The van der Waals surface area contributed by atoms with E-state index in [-0.39, 0.29) is 11.5 Å². The molecule has 8 aromatic rings. The number of aromatic nitrogens is 4. The van der Waals surface area contributed by atoms with E-state index in [2.05, 4.69) is 34.1 Å². The van der Waals surface area contributed by atoms with Crippen LogP contribution in [0.25, 0.3) is 44.3 Å². The molecule has 386 valence electrons. The van der Waals surface area contributed by atoms with Gasteiger partial charge in [-0.15, -0.1) is 0 Å². The van der Waals surface area contributed by atoms with Crippen molar-refractivity contribution in [1.82, 2.24) is 19.9 Å². The number of hydrogen-bond donors (Lipinski definition) is 4. The van der Waals surface area contributed by atoms with E-state index in [4.69, 9.17) is 0 Å². The van der Waals surface area contributed by atoms with Gasteiger partial charge in [0, 0.05) is 18.4 Å². The number of aromatic amines is 2. The summed E-state index contributed by atoms with van der Waals surface area (Å²) in [4.78, 5) is 15.7. The Morgan fingerprint density at radius 3 is 1.38 bits per heavy atom. The summed E-state index contributed by atoms with van der Waals surface area (Å²) in [6.07, 6.45) is -8.05. The van der Waals surface area contributed by atoms with Gasteiger partial charge in [0.2, 0.25) is 10.0 Å². The summed E-state index contributed by atoms with van der Waals surface area (Å²) in [5, 5.41) is 10.5. The minimum absolute atomic E-state index is 0.0646. The standard InChI is InChI=1S/C27H25F5N2O2.C25H22F5N3O3S/c1-25(2,35)21-6-4-3-5-20(21)18-10-13-22-23(15-18)34-24(33-22)14-9-17-7-11-19(12-8-17)36-16-26(28,29)27(30,31)32;1-37(34,35)33-20-5-3-2-4-19(20)17-9-12-21-22(14-17)32-23(31-21)13-8-16-6-10-18(11-7-16)36-15-24(26,27)25(28,29)30/h3-8,10-13,15,35H,9,14,16H2,1-2H3,(H,33,34);2-7,9-12,14,33H,8,13,15H2,1H3,(H,31,32). The summed E-state index contributed by atoms with van der Waals surface area (Å²) < 4.78 is 161. The monoisotopic (exact) mass is 1040 g/mol. The number of alkyl halides is 10. The molecule has 0 amide bonds. The summed E-state index contributed by atoms with van der Waals surface area (Å²) in [5.41, 5.74) is 8.45. The molecule has 0 fully saturated rings. The number of benzene rings is 6. The van der Waals surface area contributed by atoms with Gasteiger partial charge in [-0.05, 0) is 115 Å². The van der Waals surface area contributed by atoms with Crippen LogP contribution >= 0.6 is 0 Å². The minimum Gasteiger partial charge on any atom is -0.487 e. The minimum atomic E-state index is -5.67.